The van der Waals surface area contributed by atoms with Crippen molar-refractivity contribution in [1.29, 1.82) is 0 Å². The van der Waals surface area contributed by atoms with Gasteiger partial charge in [0.25, 0.3) is 10.0 Å². The summed E-state index contributed by atoms with van der Waals surface area (Å²) in [7, 11) is -4.06. The van der Waals surface area contributed by atoms with Crippen LogP contribution in [0, 0.1) is 5.82 Å². The molecule has 8 nitrogen and oxygen atoms in total. The number of aromatic hydroxyl groups is 1. The van der Waals surface area contributed by atoms with E-state index in [2.05, 4.69) is 25.2 Å². The van der Waals surface area contributed by atoms with Crippen molar-refractivity contribution in [3.63, 3.8) is 0 Å². The van der Waals surface area contributed by atoms with Crippen molar-refractivity contribution in [2.24, 2.45) is 4.99 Å². The van der Waals surface area contributed by atoms with E-state index >= 15 is 0 Å². The number of benzene rings is 2. The van der Waals surface area contributed by atoms with E-state index in [1.165, 1.54) is 0 Å². The van der Waals surface area contributed by atoms with Crippen molar-refractivity contribution in [3.8, 4) is 5.75 Å². The van der Waals surface area contributed by atoms with E-state index in [4.69, 9.17) is 0 Å². The number of halogens is 1. The first-order valence-electron chi connectivity index (χ1n) is 6.77. The summed E-state index contributed by atoms with van der Waals surface area (Å²) >= 11 is 0. The zero-order valence-corrected chi connectivity index (χ0v) is 12.7. The lowest BCUT2D eigenvalue weighted by Gasteiger charge is -2.19. The Morgan fingerprint density at radius 3 is 2.92 bits per heavy atom. The molecule has 2 aromatic carbocycles. The predicted molar refractivity (Wildman–Crippen MR) is 85.2 cm³/mol. The Hall–Kier alpha value is -3.14. The van der Waals surface area contributed by atoms with E-state index in [1.54, 1.807) is 18.3 Å². The highest BCUT2D eigenvalue weighted by atomic mass is 32.2. The number of phenolic OH excluding ortho intramolecular Hbond substituents is 1. The molecule has 10 heteroatoms. The molecule has 4 rings (SSSR count). The minimum atomic E-state index is -4.06. The zero-order chi connectivity index (χ0) is 16.9. The van der Waals surface area contributed by atoms with Gasteiger partial charge in [0.1, 0.15) is 22.1 Å². The van der Waals surface area contributed by atoms with Gasteiger partial charge in [-0.2, -0.15) is 5.10 Å². The summed E-state index contributed by atoms with van der Waals surface area (Å²) in [5.41, 5.74) is 1.09. The molecule has 3 aromatic rings. The molecule has 0 atom stereocenters. The topological polar surface area (TPSA) is 119 Å². The minimum absolute atomic E-state index is 0.113. The minimum Gasteiger partial charge on any atom is -0.506 e. The number of hydrogen-bond acceptors (Lipinski definition) is 6. The lowest BCUT2D eigenvalue weighted by molar-refractivity contribution is 0.467. The first-order chi connectivity index (χ1) is 11.4. The SMILES string of the molecule is O=S1(=O)NC(Nc2cccc3[nH]ncc23)=Nc2c(O)cc(F)cc21. The summed E-state index contributed by atoms with van der Waals surface area (Å²) in [4.78, 5) is 3.61. The van der Waals surface area contributed by atoms with Crippen molar-refractivity contribution in [2.45, 2.75) is 4.90 Å². The fraction of sp³-hybridized carbons (Fsp3) is 0. The van der Waals surface area contributed by atoms with Crippen LogP contribution < -0.4 is 10.0 Å². The predicted octanol–water partition coefficient (Wildman–Crippen LogP) is 1.80. The Morgan fingerprint density at radius 2 is 2.08 bits per heavy atom. The number of rotatable bonds is 1. The van der Waals surface area contributed by atoms with Gasteiger partial charge in [0.15, 0.2) is 0 Å². The maximum atomic E-state index is 13.4. The first kappa shape index (κ1) is 14.5. The molecule has 0 unspecified atom stereocenters. The zero-order valence-electron chi connectivity index (χ0n) is 11.9. The van der Waals surface area contributed by atoms with Crippen LogP contribution in [0.5, 0.6) is 5.75 Å². The van der Waals surface area contributed by atoms with Gasteiger partial charge in [-0.05, 0) is 18.2 Å². The van der Waals surface area contributed by atoms with Gasteiger partial charge in [0.05, 0.1) is 17.4 Å². The molecule has 0 radical (unpaired) electrons. The Labute approximate surface area is 135 Å². The van der Waals surface area contributed by atoms with E-state index in [0.29, 0.717) is 5.69 Å². The van der Waals surface area contributed by atoms with Crippen LogP contribution in [0.3, 0.4) is 0 Å². The number of aliphatic imine (C=N–C) groups is 1. The molecule has 24 heavy (non-hydrogen) atoms. The highest BCUT2D eigenvalue weighted by Crippen LogP contribution is 2.37. The molecule has 122 valence electrons. The van der Waals surface area contributed by atoms with Crippen LogP contribution in [0.1, 0.15) is 0 Å². The number of aromatic amines is 1. The molecule has 1 aromatic heterocycles. The fourth-order valence-electron chi connectivity index (χ4n) is 2.45. The highest BCUT2D eigenvalue weighted by Gasteiger charge is 2.29. The quantitative estimate of drug-likeness (QED) is 0.535. The van der Waals surface area contributed by atoms with E-state index in [0.717, 1.165) is 23.0 Å². The number of phenols is 1. The number of sulfonamides is 1. The number of anilines is 1. The summed E-state index contributed by atoms with van der Waals surface area (Å²) in [6.07, 6.45) is 1.58. The smallest absolute Gasteiger partial charge is 0.266 e. The maximum Gasteiger partial charge on any atom is 0.266 e. The van der Waals surface area contributed by atoms with E-state index in [-0.39, 0.29) is 11.6 Å². The number of hydrogen-bond donors (Lipinski definition) is 4. The lowest BCUT2D eigenvalue weighted by Crippen LogP contribution is -2.38. The van der Waals surface area contributed by atoms with Crippen molar-refractivity contribution in [2.75, 3.05) is 5.32 Å². The third-order valence-electron chi connectivity index (χ3n) is 3.50. The standard InChI is InChI=1S/C14H10FN5O3S/c15-7-4-11(21)13-12(5-7)24(22,23)20-14(18-13)17-9-2-1-3-10-8(9)6-16-19-10/h1-6,21H,(H,16,19)(H2,17,18,20). The summed E-state index contributed by atoms with van der Waals surface area (Å²) in [5.74, 6) is -1.54. The third-order valence-corrected chi connectivity index (χ3v) is 4.85. The van der Waals surface area contributed by atoms with Gasteiger partial charge in [-0.15, -0.1) is 0 Å². The molecule has 0 amide bonds. The average molecular weight is 347 g/mol. The maximum absolute atomic E-state index is 13.4. The summed E-state index contributed by atoms with van der Waals surface area (Å²) in [5, 5.41) is 20.1. The van der Waals surface area contributed by atoms with Gasteiger partial charge in [-0.3, -0.25) is 5.10 Å². The Bertz CT molecular complexity index is 1110. The van der Waals surface area contributed by atoms with Gasteiger partial charge < -0.3 is 10.4 Å². The van der Waals surface area contributed by atoms with Crippen LogP contribution in [-0.4, -0.2) is 29.7 Å². The van der Waals surface area contributed by atoms with Crippen LogP contribution in [0.15, 0.2) is 46.4 Å². The van der Waals surface area contributed by atoms with Crippen molar-refractivity contribution in [1.82, 2.24) is 14.9 Å². The molecule has 4 N–H and O–H groups in total. The lowest BCUT2D eigenvalue weighted by atomic mass is 10.2. The average Bonchev–Trinajstić information content (AvgIpc) is 2.98. The molecule has 0 saturated heterocycles. The molecule has 0 saturated carbocycles. The molecule has 1 aliphatic rings. The van der Waals surface area contributed by atoms with E-state index in [1.807, 2.05) is 6.07 Å². The van der Waals surface area contributed by atoms with Crippen molar-refractivity contribution >= 4 is 38.3 Å². The molecule has 1 aliphatic heterocycles. The second kappa shape index (κ2) is 4.93. The molecule has 0 aliphatic carbocycles. The normalized spacial score (nSPS) is 15.5. The van der Waals surface area contributed by atoms with Crippen molar-refractivity contribution < 1.29 is 17.9 Å². The number of guanidine groups is 1. The molecule has 0 bridgehead atoms. The van der Waals surface area contributed by atoms with Crippen LogP contribution in [-0.2, 0) is 10.0 Å². The second-order valence-electron chi connectivity index (χ2n) is 5.10. The molecular formula is C14H10FN5O3S. The first-order valence-corrected chi connectivity index (χ1v) is 8.25. The number of H-pyrrole nitrogens is 1. The summed E-state index contributed by atoms with van der Waals surface area (Å²) in [6.45, 7) is 0. The molecule has 0 fully saturated rings. The molecule has 2 heterocycles. The summed E-state index contributed by atoms with van der Waals surface area (Å²) < 4.78 is 40.1. The van der Waals surface area contributed by atoms with Gasteiger partial charge in [0, 0.05) is 11.5 Å². The number of aromatic nitrogens is 2. The second-order valence-corrected chi connectivity index (χ2v) is 6.75. The summed E-state index contributed by atoms with van der Waals surface area (Å²) in [6, 6.07) is 6.88. The Morgan fingerprint density at radius 1 is 1.25 bits per heavy atom. The third kappa shape index (κ3) is 2.24. The largest absolute Gasteiger partial charge is 0.506 e. The van der Waals surface area contributed by atoms with Crippen LogP contribution in [0.4, 0.5) is 15.8 Å². The Kier molecular flexibility index (Phi) is 2.97. The van der Waals surface area contributed by atoms with Crippen LogP contribution in [0.25, 0.3) is 10.9 Å². The number of nitrogens with one attached hydrogen (secondary N) is 3. The van der Waals surface area contributed by atoms with Crippen LogP contribution in [0.2, 0.25) is 0 Å². The van der Waals surface area contributed by atoms with Gasteiger partial charge >= 0.3 is 0 Å². The molecular weight excluding hydrogens is 337 g/mol. The highest BCUT2D eigenvalue weighted by molar-refractivity contribution is 7.90. The van der Waals surface area contributed by atoms with Gasteiger partial charge in [-0.25, -0.2) is 22.5 Å². The van der Waals surface area contributed by atoms with Crippen molar-refractivity contribution in [3.05, 3.63) is 42.3 Å². The van der Waals surface area contributed by atoms with Crippen LogP contribution >= 0.6 is 0 Å². The Balaban J connectivity index is 1.82. The number of nitrogens with zero attached hydrogens (tertiary/aromatic N) is 2. The number of fused-ring (bicyclic) bond motifs is 2. The van der Waals surface area contributed by atoms with Gasteiger partial charge in [-0.1, -0.05) is 6.07 Å². The van der Waals surface area contributed by atoms with E-state index in [9.17, 15) is 17.9 Å². The molecule has 0 spiro atoms. The van der Waals surface area contributed by atoms with E-state index < -0.39 is 26.5 Å². The van der Waals surface area contributed by atoms with Gasteiger partial charge in [0.2, 0.25) is 5.96 Å². The fourth-order valence-corrected chi connectivity index (χ4v) is 3.59. The monoisotopic (exact) mass is 347 g/mol.